The van der Waals surface area contributed by atoms with Crippen molar-refractivity contribution in [2.75, 3.05) is 11.1 Å². The number of anilines is 2. The van der Waals surface area contributed by atoms with Crippen LogP contribution in [0.4, 0.5) is 11.4 Å². The van der Waals surface area contributed by atoms with Crippen LogP contribution < -0.4 is 11.1 Å². The van der Waals surface area contributed by atoms with E-state index in [4.69, 9.17) is 5.73 Å². The summed E-state index contributed by atoms with van der Waals surface area (Å²) in [6.07, 6.45) is 2.99. The minimum atomic E-state index is 0.180. The highest BCUT2D eigenvalue weighted by Gasteiger charge is 2.11. The molecule has 0 saturated carbocycles. The van der Waals surface area contributed by atoms with E-state index in [0.29, 0.717) is 0 Å². The fourth-order valence-corrected chi connectivity index (χ4v) is 2.64. The molecule has 2 aromatic rings. The Labute approximate surface area is 112 Å². The van der Waals surface area contributed by atoms with E-state index in [-0.39, 0.29) is 6.04 Å². The van der Waals surface area contributed by atoms with Gasteiger partial charge in [0.2, 0.25) is 0 Å². The van der Waals surface area contributed by atoms with Crippen LogP contribution in [0.25, 0.3) is 0 Å². The molecular formula is C14H19N3S. The third kappa shape index (κ3) is 2.82. The van der Waals surface area contributed by atoms with Gasteiger partial charge in [-0.15, -0.1) is 11.3 Å². The second kappa shape index (κ2) is 5.40. The standard InChI is InChI=1S/C14H19N3S/c1-4-11-8-16-14(18-11)10(3)17-13-7-9(2)5-6-12(13)15/h5-8,10,17H,4,15H2,1-3H3. The molecule has 2 rings (SSSR count). The van der Waals surface area contributed by atoms with Gasteiger partial charge in [0.1, 0.15) is 5.01 Å². The molecule has 0 aliphatic heterocycles. The van der Waals surface area contributed by atoms with Crippen LogP contribution in [-0.4, -0.2) is 4.98 Å². The van der Waals surface area contributed by atoms with Crippen molar-refractivity contribution >= 4 is 22.7 Å². The third-order valence-corrected chi connectivity index (χ3v) is 4.20. The lowest BCUT2D eigenvalue weighted by Crippen LogP contribution is -2.08. The maximum Gasteiger partial charge on any atom is 0.115 e. The predicted octanol–water partition coefficient (Wildman–Crippen LogP) is 3.77. The Bertz CT molecular complexity index is 534. The Kier molecular flexibility index (Phi) is 3.87. The molecule has 4 heteroatoms. The first-order chi connectivity index (χ1) is 8.60. The highest BCUT2D eigenvalue weighted by molar-refractivity contribution is 7.11. The van der Waals surface area contributed by atoms with E-state index in [9.17, 15) is 0 Å². The summed E-state index contributed by atoms with van der Waals surface area (Å²) >= 11 is 1.76. The molecule has 0 spiro atoms. The van der Waals surface area contributed by atoms with Crippen LogP contribution in [0.1, 0.15) is 35.3 Å². The predicted molar refractivity (Wildman–Crippen MR) is 79.1 cm³/mol. The summed E-state index contributed by atoms with van der Waals surface area (Å²) in [5.74, 6) is 0. The SMILES string of the molecule is CCc1cnc(C(C)Nc2cc(C)ccc2N)s1. The van der Waals surface area contributed by atoms with Gasteiger partial charge in [0.05, 0.1) is 17.4 Å². The van der Waals surface area contributed by atoms with Crippen LogP contribution in [0.3, 0.4) is 0 Å². The molecule has 0 amide bonds. The minimum absolute atomic E-state index is 0.180. The zero-order chi connectivity index (χ0) is 13.1. The summed E-state index contributed by atoms with van der Waals surface area (Å²) in [7, 11) is 0. The monoisotopic (exact) mass is 261 g/mol. The largest absolute Gasteiger partial charge is 0.397 e. The Balaban J connectivity index is 2.15. The lowest BCUT2D eigenvalue weighted by Gasteiger charge is -2.15. The van der Waals surface area contributed by atoms with Crippen molar-refractivity contribution in [3.8, 4) is 0 Å². The first kappa shape index (κ1) is 12.9. The number of thiazole rings is 1. The van der Waals surface area contributed by atoms with Crippen molar-refractivity contribution in [3.63, 3.8) is 0 Å². The fraction of sp³-hybridized carbons (Fsp3) is 0.357. The molecule has 1 heterocycles. The van der Waals surface area contributed by atoms with E-state index in [1.807, 2.05) is 18.3 Å². The molecular weight excluding hydrogens is 242 g/mol. The van der Waals surface area contributed by atoms with Crippen LogP contribution in [0.15, 0.2) is 24.4 Å². The summed E-state index contributed by atoms with van der Waals surface area (Å²) in [6, 6.07) is 6.20. The summed E-state index contributed by atoms with van der Waals surface area (Å²) < 4.78 is 0. The number of nitrogen functional groups attached to an aromatic ring is 1. The number of benzene rings is 1. The Morgan fingerprint density at radius 3 is 2.89 bits per heavy atom. The van der Waals surface area contributed by atoms with E-state index in [1.165, 1.54) is 10.4 Å². The van der Waals surface area contributed by atoms with Crippen molar-refractivity contribution in [2.24, 2.45) is 0 Å². The van der Waals surface area contributed by atoms with E-state index in [2.05, 4.69) is 37.1 Å². The number of aromatic nitrogens is 1. The molecule has 1 aromatic heterocycles. The van der Waals surface area contributed by atoms with Gasteiger partial charge >= 0.3 is 0 Å². The second-order valence-electron chi connectivity index (χ2n) is 4.48. The number of aryl methyl sites for hydroxylation is 2. The number of rotatable bonds is 4. The highest BCUT2D eigenvalue weighted by atomic mass is 32.1. The third-order valence-electron chi connectivity index (χ3n) is 2.87. The summed E-state index contributed by atoms with van der Waals surface area (Å²) in [5, 5.41) is 4.53. The first-order valence-corrected chi connectivity index (χ1v) is 6.99. The highest BCUT2D eigenvalue weighted by Crippen LogP contribution is 2.27. The van der Waals surface area contributed by atoms with Crippen LogP contribution >= 0.6 is 11.3 Å². The number of hydrogen-bond acceptors (Lipinski definition) is 4. The normalized spacial score (nSPS) is 12.4. The summed E-state index contributed by atoms with van der Waals surface area (Å²) in [4.78, 5) is 5.77. The van der Waals surface area contributed by atoms with Gasteiger partial charge in [-0.3, -0.25) is 0 Å². The minimum Gasteiger partial charge on any atom is -0.397 e. The zero-order valence-corrected chi connectivity index (χ0v) is 11.8. The first-order valence-electron chi connectivity index (χ1n) is 6.17. The number of nitrogens with two attached hydrogens (primary N) is 1. The Hall–Kier alpha value is -1.55. The number of nitrogens with one attached hydrogen (secondary N) is 1. The van der Waals surface area contributed by atoms with Crippen LogP contribution in [0.2, 0.25) is 0 Å². The Morgan fingerprint density at radius 1 is 1.44 bits per heavy atom. The summed E-state index contributed by atoms with van der Waals surface area (Å²) in [6.45, 7) is 6.32. The summed E-state index contributed by atoms with van der Waals surface area (Å²) in [5.41, 5.74) is 8.93. The molecule has 0 saturated heterocycles. The number of hydrogen-bond donors (Lipinski definition) is 2. The average Bonchev–Trinajstić information content (AvgIpc) is 2.82. The molecule has 3 nitrogen and oxygen atoms in total. The average molecular weight is 261 g/mol. The second-order valence-corrected chi connectivity index (χ2v) is 5.62. The van der Waals surface area contributed by atoms with Gasteiger partial charge in [0.25, 0.3) is 0 Å². The van der Waals surface area contributed by atoms with E-state index in [0.717, 1.165) is 22.8 Å². The van der Waals surface area contributed by atoms with Gasteiger partial charge in [0.15, 0.2) is 0 Å². The fourth-order valence-electron chi connectivity index (χ4n) is 1.78. The van der Waals surface area contributed by atoms with Crippen molar-refractivity contribution in [2.45, 2.75) is 33.2 Å². The van der Waals surface area contributed by atoms with Crippen molar-refractivity contribution in [3.05, 3.63) is 39.8 Å². The molecule has 18 heavy (non-hydrogen) atoms. The van der Waals surface area contributed by atoms with Gasteiger partial charge in [-0.05, 0) is 38.0 Å². The maximum atomic E-state index is 5.97. The van der Waals surface area contributed by atoms with Gasteiger partial charge in [-0.25, -0.2) is 4.98 Å². The Morgan fingerprint density at radius 2 is 2.22 bits per heavy atom. The molecule has 1 unspecified atom stereocenters. The van der Waals surface area contributed by atoms with Gasteiger partial charge in [-0.1, -0.05) is 13.0 Å². The van der Waals surface area contributed by atoms with Crippen LogP contribution in [0, 0.1) is 6.92 Å². The smallest absolute Gasteiger partial charge is 0.115 e. The number of nitrogens with zero attached hydrogens (tertiary/aromatic N) is 1. The molecule has 0 fully saturated rings. The van der Waals surface area contributed by atoms with Gasteiger partial charge in [-0.2, -0.15) is 0 Å². The van der Waals surface area contributed by atoms with Crippen molar-refractivity contribution < 1.29 is 0 Å². The quantitative estimate of drug-likeness (QED) is 0.824. The van der Waals surface area contributed by atoms with E-state index >= 15 is 0 Å². The molecule has 1 atom stereocenters. The topological polar surface area (TPSA) is 50.9 Å². The van der Waals surface area contributed by atoms with Crippen molar-refractivity contribution in [1.29, 1.82) is 0 Å². The van der Waals surface area contributed by atoms with Gasteiger partial charge < -0.3 is 11.1 Å². The zero-order valence-electron chi connectivity index (χ0n) is 11.0. The van der Waals surface area contributed by atoms with E-state index in [1.54, 1.807) is 11.3 Å². The van der Waals surface area contributed by atoms with Crippen molar-refractivity contribution in [1.82, 2.24) is 4.98 Å². The molecule has 96 valence electrons. The molecule has 0 aliphatic rings. The maximum absolute atomic E-state index is 5.97. The van der Waals surface area contributed by atoms with Crippen LogP contribution in [-0.2, 0) is 6.42 Å². The molecule has 1 aromatic carbocycles. The molecule has 0 aliphatic carbocycles. The molecule has 0 bridgehead atoms. The molecule has 0 radical (unpaired) electrons. The van der Waals surface area contributed by atoms with E-state index < -0.39 is 0 Å². The molecule has 3 N–H and O–H groups in total. The lowest BCUT2D eigenvalue weighted by atomic mass is 10.2. The van der Waals surface area contributed by atoms with Gasteiger partial charge in [0, 0.05) is 11.1 Å². The lowest BCUT2D eigenvalue weighted by molar-refractivity contribution is 0.870. The van der Waals surface area contributed by atoms with Crippen LogP contribution in [0.5, 0.6) is 0 Å².